The molecule has 0 radical (unpaired) electrons. The maximum atomic E-state index is 11.7. The number of halogens is 1. The molecule has 0 atom stereocenters. The van der Waals surface area contributed by atoms with Gasteiger partial charge in [-0.2, -0.15) is 5.10 Å². The Hall–Kier alpha value is -2.15. The molecule has 1 heterocycles. The third-order valence-electron chi connectivity index (χ3n) is 2.77. The highest BCUT2D eigenvalue weighted by molar-refractivity contribution is 9.10. The highest BCUT2D eigenvalue weighted by Gasteiger charge is 2.19. The van der Waals surface area contributed by atoms with Gasteiger partial charge >= 0.3 is 5.97 Å². The molecule has 0 saturated heterocycles. The first-order chi connectivity index (χ1) is 9.88. The van der Waals surface area contributed by atoms with E-state index in [2.05, 4.69) is 26.3 Å². The van der Waals surface area contributed by atoms with Crippen LogP contribution in [-0.4, -0.2) is 26.8 Å². The molecule has 0 aliphatic carbocycles. The van der Waals surface area contributed by atoms with Crippen LogP contribution in [0.5, 0.6) is 0 Å². The van der Waals surface area contributed by atoms with Crippen molar-refractivity contribution < 1.29 is 14.7 Å². The summed E-state index contributed by atoms with van der Waals surface area (Å²) in [4.78, 5) is 23.0. The van der Waals surface area contributed by atoms with Gasteiger partial charge in [0, 0.05) is 10.4 Å². The van der Waals surface area contributed by atoms with Gasteiger partial charge in [0.2, 0.25) is 5.91 Å². The summed E-state index contributed by atoms with van der Waals surface area (Å²) in [7, 11) is 0. The Kier molecular flexibility index (Phi) is 4.42. The second kappa shape index (κ2) is 6.09. The molecule has 1 amide bonds. The lowest BCUT2D eigenvalue weighted by Gasteiger charge is -2.05. The maximum Gasteiger partial charge on any atom is 0.358 e. The predicted octanol–water partition coefficient (Wildman–Crippen LogP) is 2.93. The number of amides is 1. The van der Waals surface area contributed by atoms with E-state index in [0.717, 1.165) is 4.47 Å². The summed E-state index contributed by atoms with van der Waals surface area (Å²) in [6.07, 6.45) is 1.49. The molecule has 7 heteroatoms. The smallest absolute Gasteiger partial charge is 0.358 e. The minimum absolute atomic E-state index is 0.182. The fraction of sp³-hybridized carbons (Fsp3) is 0.214. The first-order valence-electron chi connectivity index (χ1n) is 6.28. The van der Waals surface area contributed by atoms with E-state index in [1.807, 2.05) is 12.1 Å². The Labute approximate surface area is 129 Å². The van der Waals surface area contributed by atoms with Crippen LogP contribution in [0.25, 0.3) is 5.69 Å². The van der Waals surface area contributed by atoms with Crippen LogP contribution in [0.2, 0.25) is 0 Å². The Morgan fingerprint density at radius 1 is 1.38 bits per heavy atom. The first kappa shape index (κ1) is 15.2. The number of hydrogen-bond acceptors (Lipinski definition) is 3. The van der Waals surface area contributed by atoms with E-state index in [-0.39, 0.29) is 23.2 Å². The molecule has 110 valence electrons. The number of anilines is 1. The van der Waals surface area contributed by atoms with Crippen LogP contribution >= 0.6 is 15.9 Å². The second-order valence-corrected chi connectivity index (χ2v) is 5.68. The molecule has 2 N–H and O–H groups in total. The van der Waals surface area contributed by atoms with Crippen LogP contribution in [0.15, 0.2) is 34.9 Å². The maximum absolute atomic E-state index is 11.7. The Morgan fingerprint density at radius 2 is 2.10 bits per heavy atom. The van der Waals surface area contributed by atoms with Crippen molar-refractivity contribution in [1.82, 2.24) is 9.78 Å². The Morgan fingerprint density at radius 3 is 2.67 bits per heavy atom. The zero-order valence-corrected chi connectivity index (χ0v) is 13.1. The van der Waals surface area contributed by atoms with Crippen molar-refractivity contribution in [3.05, 3.63) is 40.6 Å². The average molecular weight is 352 g/mol. The largest absolute Gasteiger partial charge is 0.476 e. The molecular weight excluding hydrogens is 338 g/mol. The molecule has 0 aliphatic rings. The Bertz CT molecular complexity index is 695. The van der Waals surface area contributed by atoms with E-state index in [0.29, 0.717) is 5.69 Å². The minimum Gasteiger partial charge on any atom is -0.476 e. The second-order valence-electron chi connectivity index (χ2n) is 4.76. The normalized spacial score (nSPS) is 10.7. The monoisotopic (exact) mass is 351 g/mol. The Balaban J connectivity index is 2.42. The van der Waals surface area contributed by atoms with Gasteiger partial charge < -0.3 is 10.4 Å². The summed E-state index contributed by atoms with van der Waals surface area (Å²) in [6.45, 7) is 3.46. The van der Waals surface area contributed by atoms with E-state index in [1.54, 1.807) is 26.0 Å². The van der Waals surface area contributed by atoms with Crippen molar-refractivity contribution in [3.8, 4) is 5.69 Å². The number of benzene rings is 1. The van der Waals surface area contributed by atoms with Crippen LogP contribution in [-0.2, 0) is 4.79 Å². The molecule has 0 fully saturated rings. The fourth-order valence-electron chi connectivity index (χ4n) is 1.65. The molecule has 0 aliphatic heterocycles. The molecule has 0 spiro atoms. The first-order valence-corrected chi connectivity index (χ1v) is 7.07. The van der Waals surface area contributed by atoms with Crippen LogP contribution < -0.4 is 5.32 Å². The number of nitrogens with zero attached hydrogens (tertiary/aromatic N) is 2. The van der Waals surface area contributed by atoms with Gasteiger partial charge in [0.1, 0.15) is 0 Å². The van der Waals surface area contributed by atoms with Crippen molar-refractivity contribution in [2.75, 3.05) is 5.32 Å². The van der Waals surface area contributed by atoms with Crippen LogP contribution in [0.3, 0.4) is 0 Å². The zero-order chi connectivity index (χ0) is 15.6. The molecule has 0 saturated carbocycles. The number of carboxylic acid groups (broad SMARTS) is 1. The number of carbonyl (C=O) groups is 2. The molecule has 21 heavy (non-hydrogen) atoms. The summed E-state index contributed by atoms with van der Waals surface area (Å²) in [5, 5.41) is 15.8. The van der Waals surface area contributed by atoms with E-state index in [4.69, 9.17) is 0 Å². The van der Waals surface area contributed by atoms with Gasteiger partial charge in [-0.25, -0.2) is 9.48 Å². The van der Waals surface area contributed by atoms with Gasteiger partial charge in [-0.15, -0.1) is 0 Å². The van der Waals surface area contributed by atoms with Crippen LogP contribution in [0, 0.1) is 5.92 Å². The van der Waals surface area contributed by atoms with E-state index in [1.165, 1.54) is 10.9 Å². The quantitative estimate of drug-likeness (QED) is 0.886. The number of hydrogen-bond donors (Lipinski definition) is 2. The van der Waals surface area contributed by atoms with Gasteiger partial charge in [0.05, 0.1) is 17.6 Å². The minimum atomic E-state index is -1.19. The SMILES string of the molecule is CC(C)C(=O)Nc1cn(-c2cccc(Br)c2)nc1C(=O)O. The third-order valence-corrected chi connectivity index (χ3v) is 3.27. The number of carboxylic acids is 1. The fourth-order valence-corrected chi connectivity index (χ4v) is 2.04. The molecule has 0 bridgehead atoms. The topological polar surface area (TPSA) is 84.2 Å². The standard InChI is InChI=1S/C14H14BrN3O3/c1-8(2)13(19)16-11-7-18(17-12(11)14(20)21)10-5-3-4-9(15)6-10/h3-8H,1-2H3,(H,16,19)(H,20,21). The van der Waals surface area contributed by atoms with Gasteiger partial charge in [-0.1, -0.05) is 35.8 Å². The van der Waals surface area contributed by atoms with Crippen molar-refractivity contribution in [1.29, 1.82) is 0 Å². The van der Waals surface area contributed by atoms with Crippen LogP contribution in [0.1, 0.15) is 24.3 Å². The molecule has 1 aromatic heterocycles. The average Bonchev–Trinajstić information content (AvgIpc) is 2.82. The van der Waals surface area contributed by atoms with Crippen molar-refractivity contribution >= 4 is 33.5 Å². The van der Waals surface area contributed by atoms with Gasteiger partial charge in [-0.3, -0.25) is 4.79 Å². The summed E-state index contributed by atoms with van der Waals surface area (Å²) in [6, 6.07) is 7.25. The summed E-state index contributed by atoms with van der Waals surface area (Å²) < 4.78 is 2.27. The summed E-state index contributed by atoms with van der Waals surface area (Å²) in [5.41, 5.74) is 0.682. The van der Waals surface area contributed by atoms with Crippen molar-refractivity contribution in [2.45, 2.75) is 13.8 Å². The van der Waals surface area contributed by atoms with Gasteiger partial charge in [0.25, 0.3) is 0 Å². The van der Waals surface area contributed by atoms with E-state index in [9.17, 15) is 14.7 Å². The predicted molar refractivity (Wildman–Crippen MR) is 81.7 cm³/mol. The number of rotatable bonds is 4. The molecule has 6 nitrogen and oxygen atoms in total. The molecule has 2 aromatic rings. The van der Waals surface area contributed by atoms with Gasteiger partial charge in [0.15, 0.2) is 5.69 Å². The number of nitrogens with one attached hydrogen (secondary N) is 1. The lowest BCUT2D eigenvalue weighted by Crippen LogP contribution is -2.19. The highest BCUT2D eigenvalue weighted by Crippen LogP contribution is 2.20. The summed E-state index contributed by atoms with van der Waals surface area (Å²) in [5.74, 6) is -1.70. The van der Waals surface area contributed by atoms with Crippen molar-refractivity contribution in [3.63, 3.8) is 0 Å². The summed E-state index contributed by atoms with van der Waals surface area (Å²) >= 11 is 3.35. The number of aromatic carboxylic acids is 1. The van der Waals surface area contributed by atoms with Crippen molar-refractivity contribution in [2.24, 2.45) is 5.92 Å². The van der Waals surface area contributed by atoms with E-state index >= 15 is 0 Å². The van der Waals surface area contributed by atoms with Crippen LogP contribution in [0.4, 0.5) is 5.69 Å². The molecular formula is C14H14BrN3O3. The lowest BCUT2D eigenvalue weighted by molar-refractivity contribution is -0.118. The highest BCUT2D eigenvalue weighted by atomic mass is 79.9. The zero-order valence-electron chi connectivity index (χ0n) is 11.5. The van der Waals surface area contributed by atoms with E-state index < -0.39 is 5.97 Å². The number of carbonyl (C=O) groups excluding carboxylic acids is 1. The third kappa shape index (κ3) is 3.49. The molecule has 2 rings (SSSR count). The number of aromatic nitrogens is 2. The molecule has 1 aromatic carbocycles. The lowest BCUT2D eigenvalue weighted by atomic mass is 10.2. The van der Waals surface area contributed by atoms with Gasteiger partial charge in [-0.05, 0) is 18.2 Å². The molecule has 0 unspecified atom stereocenters.